The molecule has 4 aliphatic rings. The van der Waals surface area contributed by atoms with Gasteiger partial charge in [-0.3, -0.25) is 0 Å². The van der Waals surface area contributed by atoms with Gasteiger partial charge in [0.05, 0.1) is 0 Å². The standard InChI is InChI=1S/C15H18F4O.3Rf/c1-6-9-5-10(14(6,16)13(20)15(17,18)19)12-8-3-2-7(4-8)11(9)12;;;/h7-12,20H,2-5H2,1H3;;;/q-2;;;. The summed E-state index contributed by atoms with van der Waals surface area (Å²) in [7, 11) is 0. The van der Waals surface area contributed by atoms with Crippen molar-refractivity contribution in [1.29, 1.82) is 0 Å². The molecular weight excluding hydrogens is 1070 g/mol. The van der Waals surface area contributed by atoms with E-state index >= 15 is 4.39 Å². The fourth-order valence-corrected chi connectivity index (χ4v) is 6.19. The van der Waals surface area contributed by atoms with Gasteiger partial charge < -0.3 is 15.4 Å². The van der Waals surface area contributed by atoms with Gasteiger partial charge in [-0.15, -0.1) is 0 Å². The molecule has 4 rings (SSSR count). The maximum absolute atomic E-state index is 15.2. The molecular formula is C15H18F4ORf3-2. The van der Waals surface area contributed by atoms with E-state index in [2.05, 4.69) is 0 Å². The molecule has 0 aromatic carbocycles. The first-order chi connectivity index (χ1) is 9.26. The van der Waals surface area contributed by atoms with Crippen LogP contribution >= 0.6 is 0 Å². The SMILES string of the molecule is C[C-]1C2CC(C3C4CCC(C4)C23)C1(F)[C-](O)C(F)(F)F.[Rf].[Rf].[Rf]. The second-order valence-electron chi connectivity index (χ2n) is 7.18. The van der Waals surface area contributed by atoms with E-state index in [0.29, 0.717) is 24.2 Å². The van der Waals surface area contributed by atoms with Gasteiger partial charge in [0, 0.05) is 0 Å². The van der Waals surface area contributed by atoms with Gasteiger partial charge >= 0.3 is 0 Å². The maximum Gasteiger partial charge on any atom is 0.294 e. The van der Waals surface area contributed by atoms with E-state index < -0.39 is 23.9 Å². The third-order valence-corrected chi connectivity index (χ3v) is 6.74. The largest absolute Gasteiger partial charge is 0.554 e. The number of rotatable bonds is 1. The smallest absolute Gasteiger partial charge is 0.294 e. The van der Waals surface area contributed by atoms with Crippen molar-refractivity contribution >= 4 is 0 Å². The first-order valence-corrected chi connectivity index (χ1v) is 7.42. The van der Waals surface area contributed by atoms with Crippen molar-refractivity contribution in [2.75, 3.05) is 0 Å². The van der Waals surface area contributed by atoms with Gasteiger partial charge in [-0.25, -0.2) is 13.2 Å². The molecule has 0 heterocycles. The van der Waals surface area contributed by atoms with Crippen LogP contribution in [0.1, 0.15) is 32.6 Å². The second kappa shape index (κ2) is 4.34. The molecule has 23 heavy (non-hydrogen) atoms. The third-order valence-electron chi connectivity index (χ3n) is 6.74. The van der Waals surface area contributed by atoms with Gasteiger partial charge in [-0.1, -0.05) is 30.0 Å². The zero-order chi connectivity index (χ0) is 14.4. The summed E-state index contributed by atoms with van der Waals surface area (Å²) < 4.78 is 53.7. The molecule has 0 aromatic heterocycles. The average molecular weight is 1090 g/mol. The maximum atomic E-state index is 15.2. The Morgan fingerprint density at radius 3 is 2.09 bits per heavy atom. The van der Waals surface area contributed by atoms with Crippen molar-refractivity contribution in [3.63, 3.8) is 0 Å². The van der Waals surface area contributed by atoms with Crippen molar-refractivity contribution in [3.05, 3.63) is 12.0 Å². The molecule has 4 fully saturated rings. The minimum absolute atomic E-state index is 0. The fourth-order valence-electron chi connectivity index (χ4n) is 6.19. The van der Waals surface area contributed by atoms with Crippen molar-refractivity contribution in [1.82, 2.24) is 0 Å². The van der Waals surface area contributed by atoms with Gasteiger partial charge in [-0.2, -0.15) is 12.8 Å². The predicted octanol–water partition coefficient (Wildman–Crippen LogP) is 4.07. The summed E-state index contributed by atoms with van der Waals surface area (Å²) in [4.78, 5) is 0. The molecule has 7 unspecified atom stereocenters. The van der Waals surface area contributed by atoms with E-state index in [0.717, 1.165) is 19.3 Å². The number of halogens is 4. The normalized spacial score (nSPS) is 47.1. The molecule has 1 nitrogen and oxygen atoms in total. The van der Waals surface area contributed by atoms with Crippen LogP contribution in [-0.2, 0) is 0 Å². The van der Waals surface area contributed by atoms with Crippen LogP contribution in [0.4, 0.5) is 17.6 Å². The van der Waals surface area contributed by atoms with E-state index in [1.165, 1.54) is 6.92 Å². The van der Waals surface area contributed by atoms with Crippen molar-refractivity contribution in [3.8, 4) is 0 Å². The number of fused-ring (bicyclic) bond motifs is 9. The molecule has 7 atom stereocenters. The Hall–Kier alpha value is -3.32. The number of aliphatic hydroxyl groups excluding tert-OH is 1. The molecule has 4 bridgehead atoms. The summed E-state index contributed by atoms with van der Waals surface area (Å²) in [6, 6.07) is 0. The first kappa shape index (κ1) is 17.7. The minimum Gasteiger partial charge on any atom is -0.554 e. The molecule has 4 saturated carbocycles. The molecule has 4 aliphatic carbocycles. The molecule has 8 heteroatoms. The van der Waals surface area contributed by atoms with Crippen LogP contribution in [0, 0.1) is 47.5 Å². The van der Waals surface area contributed by atoms with E-state index in [-0.39, 0.29) is 17.8 Å². The molecule has 0 aliphatic heterocycles. The Morgan fingerprint density at radius 1 is 1.04 bits per heavy atom. The number of alkyl halides is 4. The van der Waals surface area contributed by atoms with Gasteiger partial charge in [-0.05, 0) is 37.0 Å². The zero-order valence-corrected chi connectivity index (χ0v) is 32.6. The summed E-state index contributed by atoms with van der Waals surface area (Å²) in [6.07, 6.45) is -3.15. The van der Waals surface area contributed by atoms with Crippen molar-refractivity contribution in [2.45, 2.75) is 44.5 Å². The van der Waals surface area contributed by atoms with Gasteiger partial charge in [0.1, 0.15) is 0 Å². The summed E-state index contributed by atoms with van der Waals surface area (Å²) >= 11 is 0. The van der Waals surface area contributed by atoms with E-state index in [1.807, 2.05) is 0 Å². The first-order valence-electron chi connectivity index (χ1n) is 7.42. The Labute approximate surface area is 115 Å². The van der Waals surface area contributed by atoms with Crippen LogP contribution < -0.4 is 0 Å². The quantitative estimate of drug-likeness (QED) is 0.239. The van der Waals surface area contributed by atoms with Gasteiger partial charge in [0.25, 0.3) is 6.18 Å². The molecule has 0 spiro atoms. The van der Waals surface area contributed by atoms with Crippen LogP contribution in [-0.4, -0.2) is 17.0 Å². The van der Waals surface area contributed by atoms with Crippen molar-refractivity contribution in [2.24, 2.45) is 35.5 Å². The number of hydrogen-bond donors (Lipinski definition) is 1. The Balaban J connectivity index is 0.000000882. The van der Waals surface area contributed by atoms with Crippen LogP contribution in [0.2, 0.25) is 0 Å². The third kappa shape index (κ3) is 1.56. The molecule has 0 radical (unpaired) electrons. The fraction of sp³-hybridized carbons (Fsp3) is 0.867. The number of aliphatic hydroxyl groups is 1. The number of hydrogen-bond acceptors (Lipinski definition) is 1. The Morgan fingerprint density at radius 2 is 1.57 bits per heavy atom. The van der Waals surface area contributed by atoms with Crippen LogP contribution in [0.3, 0.4) is 0 Å². The summed E-state index contributed by atoms with van der Waals surface area (Å²) in [5.41, 5.74) is -2.63. The van der Waals surface area contributed by atoms with E-state index in [4.69, 9.17) is 0 Å². The second-order valence-corrected chi connectivity index (χ2v) is 7.18. The molecule has 1 N–H and O–H groups in total. The molecule has 120 valence electrons. The van der Waals surface area contributed by atoms with Crippen LogP contribution in [0.5, 0.6) is 0 Å². The van der Waals surface area contributed by atoms with Gasteiger partial charge in [0.2, 0.25) is 0 Å². The summed E-state index contributed by atoms with van der Waals surface area (Å²) in [5.74, 6) is 0.896. The van der Waals surface area contributed by atoms with Crippen LogP contribution in [0.15, 0.2) is 0 Å². The summed E-state index contributed by atoms with van der Waals surface area (Å²) in [6.45, 7) is 1.48. The average Bonchev–Trinajstić information content (AvgIpc) is 3.07. The summed E-state index contributed by atoms with van der Waals surface area (Å²) in [5, 5.41) is 9.52. The molecule has 0 aromatic rings. The van der Waals surface area contributed by atoms with Crippen molar-refractivity contribution < 1.29 is 22.7 Å². The topological polar surface area (TPSA) is 20.2 Å². The van der Waals surface area contributed by atoms with E-state index in [1.54, 1.807) is 0 Å². The molecule has 0 saturated heterocycles. The Bertz CT molecular complexity index is 449. The Kier molecular flexibility index (Phi) is 3.35. The predicted molar refractivity (Wildman–Crippen MR) is 63.4 cm³/mol. The minimum atomic E-state index is -4.96. The molecule has 0 amide bonds. The van der Waals surface area contributed by atoms with Crippen LogP contribution in [0.25, 0.3) is 0 Å². The zero-order valence-electron chi connectivity index (χ0n) is 13.4. The van der Waals surface area contributed by atoms with Gasteiger partial charge in [0.15, 0.2) is 0 Å². The van der Waals surface area contributed by atoms with E-state index in [9.17, 15) is 18.3 Å². The monoisotopic (exact) mass is 1090 g/mol.